The lowest BCUT2D eigenvalue weighted by Gasteiger charge is -2.18. The molecule has 0 saturated carbocycles. The fourth-order valence-corrected chi connectivity index (χ4v) is 1.45. The van der Waals surface area contributed by atoms with Crippen molar-refractivity contribution >= 4 is 5.91 Å². The highest BCUT2D eigenvalue weighted by molar-refractivity contribution is 5.84. The molecule has 0 heterocycles. The number of hydrogen-bond donors (Lipinski definition) is 2. The van der Waals surface area contributed by atoms with Crippen molar-refractivity contribution in [3.05, 3.63) is 29.8 Å². The van der Waals surface area contributed by atoms with E-state index >= 15 is 0 Å². The van der Waals surface area contributed by atoms with Gasteiger partial charge in [0.05, 0.1) is 12.6 Å². The molecule has 0 aromatic heterocycles. The first-order valence-electron chi connectivity index (χ1n) is 5.64. The highest BCUT2D eigenvalue weighted by Gasteiger charge is 2.20. The number of carbonyl (C=O) groups excluding carboxylic acids is 1. The molecule has 1 amide bonds. The molecule has 0 aliphatic carbocycles. The standard InChI is InChI=1S/C13H20N2O2/c1-13(2,14)12(16)15-9-8-10-6-4-5-7-11(10)17-3/h4-7H,8-9,14H2,1-3H3,(H,15,16). The van der Waals surface area contributed by atoms with E-state index in [1.54, 1.807) is 21.0 Å². The van der Waals surface area contributed by atoms with Crippen LogP contribution in [0.3, 0.4) is 0 Å². The summed E-state index contributed by atoms with van der Waals surface area (Å²) in [5, 5.41) is 2.80. The van der Waals surface area contributed by atoms with Crippen molar-refractivity contribution in [3.63, 3.8) is 0 Å². The maximum Gasteiger partial charge on any atom is 0.239 e. The van der Waals surface area contributed by atoms with Gasteiger partial charge in [0.2, 0.25) is 5.91 Å². The molecule has 4 heteroatoms. The predicted octanol–water partition coefficient (Wildman–Crippen LogP) is 1.09. The van der Waals surface area contributed by atoms with Crippen molar-refractivity contribution in [1.82, 2.24) is 5.32 Å². The lowest BCUT2D eigenvalue weighted by atomic mass is 10.1. The number of methoxy groups -OCH3 is 1. The van der Waals surface area contributed by atoms with E-state index in [2.05, 4.69) is 5.32 Å². The van der Waals surface area contributed by atoms with E-state index in [0.717, 1.165) is 17.7 Å². The van der Waals surface area contributed by atoms with E-state index in [9.17, 15) is 4.79 Å². The zero-order valence-electron chi connectivity index (χ0n) is 10.6. The number of benzene rings is 1. The summed E-state index contributed by atoms with van der Waals surface area (Å²) in [5.41, 5.74) is 5.92. The Morgan fingerprint density at radius 1 is 1.41 bits per heavy atom. The summed E-state index contributed by atoms with van der Waals surface area (Å²) in [6.45, 7) is 3.93. The summed E-state index contributed by atoms with van der Waals surface area (Å²) >= 11 is 0. The minimum Gasteiger partial charge on any atom is -0.496 e. The maximum atomic E-state index is 11.5. The number of nitrogens with one attached hydrogen (secondary N) is 1. The number of rotatable bonds is 5. The maximum absolute atomic E-state index is 11.5. The Bertz CT molecular complexity index is 383. The monoisotopic (exact) mass is 236 g/mol. The van der Waals surface area contributed by atoms with Gasteiger partial charge >= 0.3 is 0 Å². The van der Waals surface area contributed by atoms with Crippen LogP contribution < -0.4 is 15.8 Å². The van der Waals surface area contributed by atoms with Gasteiger partial charge in [-0.15, -0.1) is 0 Å². The van der Waals surface area contributed by atoms with Crippen LogP contribution >= 0.6 is 0 Å². The molecule has 17 heavy (non-hydrogen) atoms. The number of ether oxygens (including phenoxy) is 1. The van der Waals surface area contributed by atoms with Crippen LogP contribution in [0.15, 0.2) is 24.3 Å². The van der Waals surface area contributed by atoms with Gasteiger partial charge < -0.3 is 15.8 Å². The molecule has 0 unspecified atom stereocenters. The second-order valence-electron chi connectivity index (χ2n) is 4.54. The lowest BCUT2D eigenvalue weighted by Crippen LogP contribution is -2.49. The largest absolute Gasteiger partial charge is 0.496 e. The van der Waals surface area contributed by atoms with Crippen LogP contribution in [-0.2, 0) is 11.2 Å². The van der Waals surface area contributed by atoms with Crippen LogP contribution in [0.4, 0.5) is 0 Å². The van der Waals surface area contributed by atoms with Crippen LogP contribution in [0.1, 0.15) is 19.4 Å². The molecule has 0 fully saturated rings. The fourth-order valence-electron chi connectivity index (χ4n) is 1.45. The van der Waals surface area contributed by atoms with Crippen molar-refractivity contribution in [3.8, 4) is 5.75 Å². The Hall–Kier alpha value is -1.55. The molecule has 0 bridgehead atoms. The van der Waals surface area contributed by atoms with Gasteiger partial charge in [-0.1, -0.05) is 18.2 Å². The Kier molecular flexibility index (Phi) is 4.52. The van der Waals surface area contributed by atoms with Gasteiger partial charge in [-0.05, 0) is 31.9 Å². The topological polar surface area (TPSA) is 64.3 Å². The Balaban J connectivity index is 2.49. The molecule has 0 atom stereocenters. The molecule has 0 spiro atoms. The number of hydrogen-bond acceptors (Lipinski definition) is 3. The van der Waals surface area contributed by atoms with Gasteiger partial charge in [0.25, 0.3) is 0 Å². The van der Waals surface area contributed by atoms with E-state index in [1.807, 2.05) is 24.3 Å². The van der Waals surface area contributed by atoms with Crippen LogP contribution in [0.25, 0.3) is 0 Å². The smallest absolute Gasteiger partial charge is 0.239 e. The third kappa shape index (κ3) is 4.07. The molecule has 0 radical (unpaired) electrons. The van der Waals surface area contributed by atoms with Gasteiger partial charge in [-0.3, -0.25) is 4.79 Å². The predicted molar refractivity (Wildman–Crippen MR) is 68.0 cm³/mol. The Morgan fingerprint density at radius 3 is 2.65 bits per heavy atom. The molecule has 0 saturated heterocycles. The van der Waals surface area contributed by atoms with Crippen LogP contribution in [0.5, 0.6) is 5.75 Å². The summed E-state index contributed by atoms with van der Waals surface area (Å²) in [4.78, 5) is 11.5. The molecule has 4 nitrogen and oxygen atoms in total. The van der Waals surface area contributed by atoms with Crippen LogP contribution in [-0.4, -0.2) is 25.1 Å². The molecule has 1 aromatic rings. The number of nitrogens with two attached hydrogens (primary N) is 1. The van der Waals surface area contributed by atoms with Gasteiger partial charge in [-0.25, -0.2) is 0 Å². The highest BCUT2D eigenvalue weighted by atomic mass is 16.5. The van der Waals surface area contributed by atoms with E-state index in [0.29, 0.717) is 6.54 Å². The van der Waals surface area contributed by atoms with Gasteiger partial charge in [0.1, 0.15) is 5.75 Å². The highest BCUT2D eigenvalue weighted by Crippen LogP contribution is 2.17. The summed E-state index contributed by atoms with van der Waals surface area (Å²) in [7, 11) is 1.64. The zero-order chi connectivity index (χ0) is 12.9. The fraction of sp³-hybridized carbons (Fsp3) is 0.462. The summed E-state index contributed by atoms with van der Waals surface area (Å²) in [6.07, 6.45) is 0.728. The van der Waals surface area contributed by atoms with Gasteiger partial charge in [0.15, 0.2) is 0 Å². The molecule has 3 N–H and O–H groups in total. The van der Waals surface area contributed by atoms with Gasteiger partial charge in [0, 0.05) is 6.54 Å². The first-order chi connectivity index (χ1) is 7.95. The summed E-state index contributed by atoms with van der Waals surface area (Å²) in [5.74, 6) is 0.696. The lowest BCUT2D eigenvalue weighted by molar-refractivity contribution is -0.125. The molecule has 1 aromatic carbocycles. The third-order valence-corrected chi connectivity index (χ3v) is 2.46. The Labute approximate surface area is 102 Å². The van der Waals surface area contributed by atoms with Crippen LogP contribution in [0.2, 0.25) is 0 Å². The second-order valence-corrected chi connectivity index (χ2v) is 4.54. The van der Waals surface area contributed by atoms with Crippen molar-refractivity contribution in [2.75, 3.05) is 13.7 Å². The van der Waals surface area contributed by atoms with E-state index < -0.39 is 5.54 Å². The first kappa shape index (κ1) is 13.5. The molecule has 0 aliphatic heterocycles. The average Bonchev–Trinajstić information content (AvgIpc) is 2.28. The second kappa shape index (κ2) is 5.68. The van der Waals surface area contributed by atoms with Crippen molar-refractivity contribution in [2.24, 2.45) is 5.73 Å². The first-order valence-corrected chi connectivity index (χ1v) is 5.64. The molecular weight excluding hydrogens is 216 g/mol. The van der Waals surface area contributed by atoms with E-state index in [1.165, 1.54) is 0 Å². The minimum atomic E-state index is -0.833. The molecule has 0 aliphatic rings. The van der Waals surface area contributed by atoms with E-state index in [-0.39, 0.29) is 5.91 Å². The molecule has 1 rings (SSSR count). The minimum absolute atomic E-state index is 0.146. The summed E-state index contributed by atoms with van der Waals surface area (Å²) in [6, 6.07) is 7.76. The molecule has 94 valence electrons. The normalized spacial score (nSPS) is 11.1. The quantitative estimate of drug-likeness (QED) is 0.804. The number of amides is 1. The third-order valence-electron chi connectivity index (χ3n) is 2.46. The Morgan fingerprint density at radius 2 is 2.06 bits per heavy atom. The SMILES string of the molecule is COc1ccccc1CCNC(=O)C(C)(C)N. The van der Waals surface area contributed by atoms with Crippen molar-refractivity contribution in [2.45, 2.75) is 25.8 Å². The number of para-hydroxylation sites is 1. The van der Waals surface area contributed by atoms with Gasteiger partial charge in [-0.2, -0.15) is 0 Å². The zero-order valence-corrected chi connectivity index (χ0v) is 10.6. The molecular formula is C13H20N2O2. The van der Waals surface area contributed by atoms with Crippen molar-refractivity contribution < 1.29 is 9.53 Å². The average molecular weight is 236 g/mol. The van der Waals surface area contributed by atoms with Crippen molar-refractivity contribution in [1.29, 1.82) is 0 Å². The van der Waals surface area contributed by atoms with E-state index in [4.69, 9.17) is 10.5 Å². The number of carbonyl (C=O) groups is 1. The summed E-state index contributed by atoms with van der Waals surface area (Å²) < 4.78 is 5.23. The van der Waals surface area contributed by atoms with Crippen LogP contribution in [0, 0.1) is 0 Å².